The molecular weight excluding hydrogens is 408 g/mol. The van der Waals surface area contributed by atoms with Crippen LogP contribution in [0.2, 0.25) is 0 Å². The van der Waals surface area contributed by atoms with Gasteiger partial charge in [-0.05, 0) is 12.1 Å². The van der Waals surface area contributed by atoms with Crippen molar-refractivity contribution in [2.75, 3.05) is 49.2 Å². The van der Waals surface area contributed by atoms with Crippen molar-refractivity contribution in [3.05, 3.63) is 30.1 Å². The Morgan fingerprint density at radius 2 is 1.45 bits per heavy atom. The molecule has 5 rings (SSSR count). The standard InChI is InChI=1S/C20H21F2N7O2/c21-16(22)17-23-14-3-1-2-4-15(14)29(17)20-25-18(27-7-5-13(30)6-8-27)24-19(26-20)28-9-11-31-12-10-28/h1-4,16H,5-12H2. The number of carbonyl (C=O) groups is 1. The third-order valence-corrected chi connectivity index (χ3v) is 5.48. The zero-order chi connectivity index (χ0) is 21.4. The highest BCUT2D eigenvalue weighted by Gasteiger charge is 2.26. The minimum absolute atomic E-state index is 0.0902. The van der Waals surface area contributed by atoms with E-state index in [0.29, 0.717) is 75.2 Å². The fourth-order valence-electron chi connectivity index (χ4n) is 3.85. The molecule has 0 atom stereocenters. The van der Waals surface area contributed by atoms with Gasteiger partial charge in [0.05, 0.1) is 24.2 Å². The van der Waals surface area contributed by atoms with Crippen molar-refractivity contribution in [1.82, 2.24) is 24.5 Å². The molecule has 0 radical (unpaired) electrons. The van der Waals surface area contributed by atoms with E-state index in [2.05, 4.69) is 19.9 Å². The first kappa shape index (κ1) is 19.7. The number of para-hydroxylation sites is 2. The van der Waals surface area contributed by atoms with Crippen LogP contribution in [0.1, 0.15) is 25.1 Å². The Balaban J connectivity index is 1.66. The minimum Gasteiger partial charge on any atom is -0.378 e. The Morgan fingerprint density at radius 1 is 0.839 bits per heavy atom. The number of anilines is 2. The summed E-state index contributed by atoms with van der Waals surface area (Å²) in [7, 11) is 0. The number of ether oxygens (including phenoxy) is 1. The molecule has 0 N–H and O–H groups in total. The second-order valence-electron chi connectivity index (χ2n) is 7.46. The summed E-state index contributed by atoms with van der Waals surface area (Å²) >= 11 is 0. The van der Waals surface area contributed by atoms with Crippen molar-refractivity contribution in [1.29, 1.82) is 0 Å². The Labute approximate surface area is 176 Å². The van der Waals surface area contributed by atoms with E-state index in [0.717, 1.165) is 0 Å². The first-order valence-corrected chi connectivity index (χ1v) is 10.2. The molecule has 0 amide bonds. The van der Waals surface area contributed by atoms with Gasteiger partial charge in [0, 0.05) is 39.0 Å². The van der Waals surface area contributed by atoms with Crippen LogP contribution in [-0.2, 0) is 9.53 Å². The highest BCUT2D eigenvalue weighted by Crippen LogP contribution is 2.28. The van der Waals surface area contributed by atoms with Crippen molar-refractivity contribution in [3.8, 4) is 5.95 Å². The third kappa shape index (κ3) is 3.80. The van der Waals surface area contributed by atoms with E-state index in [9.17, 15) is 13.6 Å². The van der Waals surface area contributed by atoms with Gasteiger partial charge in [-0.3, -0.25) is 9.36 Å². The van der Waals surface area contributed by atoms with Crippen LogP contribution in [0.4, 0.5) is 20.7 Å². The molecule has 0 saturated carbocycles. The van der Waals surface area contributed by atoms with E-state index in [-0.39, 0.29) is 11.7 Å². The summed E-state index contributed by atoms with van der Waals surface area (Å²) in [5.74, 6) is 0.641. The van der Waals surface area contributed by atoms with Crippen LogP contribution in [-0.4, -0.2) is 69.7 Å². The number of alkyl halides is 2. The highest BCUT2D eigenvalue weighted by atomic mass is 19.3. The van der Waals surface area contributed by atoms with Crippen LogP contribution in [0.5, 0.6) is 0 Å². The zero-order valence-corrected chi connectivity index (χ0v) is 16.7. The lowest BCUT2D eigenvalue weighted by atomic mass is 10.1. The summed E-state index contributed by atoms with van der Waals surface area (Å²) in [4.78, 5) is 33.3. The number of nitrogens with zero attached hydrogens (tertiary/aromatic N) is 7. The molecule has 2 aliphatic heterocycles. The molecule has 4 heterocycles. The number of Topliss-reactive ketones (excluding diaryl/α,β-unsaturated/α-hetero) is 1. The maximum Gasteiger partial charge on any atom is 0.296 e. The predicted octanol–water partition coefficient (Wildman–Crippen LogP) is 2.15. The van der Waals surface area contributed by atoms with Crippen LogP contribution in [0.3, 0.4) is 0 Å². The number of benzene rings is 1. The van der Waals surface area contributed by atoms with Gasteiger partial charge in [0.25, 0.3) is 6.43 Å². The quantitative estimate of drug-likeness (QED) is 0.623. The van der Waals surface area contributed by atoms with Gasteiger partial charge in [0.2, 0.25) is 17.8 Å². The van der Waals surface area contributed by atoms with E-state index in [1.54, 1.807) is 24.3 Å². The average Bonchev–Trinajstić information content (AvgIpc) is 3.20. The minimum atomic E-state index is -2.80. The van der Waals surface area contributed by atoms with Gasteiger partial charge in [-0.1, -0.05) is 12.1 Å². The molecule has 0 aliphatic carbocycles. The molecule has 11 heteroatoms. The van der Waals surface area contributed by atoms with Gasteiger partial charge in [0.15, 0.2) is 5.82 Å². The van der Waals surface area contributed by atoms with Crippen LogP contribution < -0.4 is 9.80 Å². The third-order valence-electron chi connectivity index (χ3n) is 5.48. The number of carbonyl (C=O) groups excluding carboxylic acids is 1. The van der Waals surface area contributed by atoms with Crippen molar-refractivity contribution in [2.24, 2.45) is 0 Å². The van der Waals surface area contributed by atoms with Gasteiger partial charge in [0.1, 0.15) is 5.78 Å². The topological polar surface area (TPSA) is 89.3 Å². The molecule has 0 bridgehead atoms. The lowest BCUT2D eigenvalue weighted by molar-refractivity contribution is -0.119. The smallest absolute Gasteiger partial charge is 0.296 e. The van der Waals surface area contributed by atoms with E-state index >= 15 is 0 Å². The molecule has 9 nitrogen and oxygen atoms in total. The Morgan fingerprint density at radius 3 is 2.13 bits per heavy atom. The zero-order valence-electron chi connectivity index (χ0n) is 16.7. The molecule has 2 aliphatic rings. The van der Waals surface area contributed by atoms with Crippen LogP contribution >= 0.6 is 0 Å². The molecule has 0 unspecified atom stereocenters. The maximum atomic E-state index is 13.9. The van der Waals surface area contributed by atoms with E-state index in [1.165, 1.54) is 4.57 Å². The van der Waals surface area contributed by atoms with Gasteiger partial charge < -0.3 is 14.5 Å². The van der Waals surface area contributed by atoms with Crippen LogP contribution in [0.25, 0.3) is 17.0 Å². The van der Waals surface area contributed by atoms with Gasteiger partial charge >= 0.3 is 0 Å². The highest BCUT2D eigenvalue weighted by molar-refractivity contribution is 5.81. The fraction of sp³-hybridized carbons (Fsp3) is 0.450. The van der Waals surface area contributed by atoms with E-state index < -0.39 is 12.2 Å². The van der Waals surface area contributed by atoms with Crippen molar-refractivity contribution in [3.63, 3.8) is 0 Å². The number of fused-ring (bicyclic) bond motifs is 1. The number of aromatic nitrogens is 5. The Hall–Kier alpha value is -3.21. The number of hydrogen-bond acceptors (Lipinski definition) is 8. The number of morpholine rings is 1. The van der Waals surface area contributed by atoms with Crippen LogP contribution in [0, 0.1) is 0 Å². The number of rotatable bonds is 4. The summed E-state index contributed by atoms with van der Waals surface area (Å²) in [5.41, 5.74) is 0.938. The normalized spacial score (nSPS) is 17.7. The van der Waals surface area contributed by atoms with Crippen molar-refractivity contribution in [2.45, 2.75) is 19.3 Å². The summed E-state index contributed by atoms with van der Waals surface area (Å²) in [6, 6.07) is 6.90. The molecule has 1 aromatic carbocycles. The summed E-state index contributed by atoms with van der Waals surface area (Å²) in [6.45, 7) is 3.21. The summed E-state index contributed by atoms with van der Waals surface area (Å²) in [5, 5.41) is 0. The second kappa shape index (κ2) is 8.14. The van der Waals surface area contributed by atoms with Crippen molar-refractivity contribution < 1.29 is 18.3 Å². The average molecular weight is 429 g/mol. The first-order valence-electron chi connectivity index (χ1n) is 10.2. The summed E-state index contributed by atoms with van der Waals surface area (Å²) in [6.07, 6.45) is -1.99. The largest absolute Gasteiger partial charge is 0.378 e. The molecule has 2 fully saturated rings. The SMILES string of the molecule is O=C1CCN(c2nc(N3CCOCC3)nc(-n3c(C(F)F)nc4ccccc43)n2)CC1. The lowest BCUT2D eigenvalue weighted by Crippen LogP contribution is -2.39. The molecule has 3 aromatic rings. The molecule has 31 heavy (non-hydrogen) atoms. The van der Waals surface area contributed by atoms with Crippen LogP contribution in [0.15, 0.2) is 24.3 Å². The Bertz CT molecular complexity index is 1100. The number of imidazole rings is 1. The number of ketones is 1. The number of halogens is 2. The van der Waals surface area contributed by atoms with Gasteiger partial charge in [-0.25, -0.2) is 13.8 Å². The lowest BCUT2D eigenvalue weighted by Gasteiger charge is -2.30. The Kier molecular flexibility index (Phi) is 5.18. The van der Waals surface area contributed by atoms with E-state index in [1.807, 2.05) is 9.80 Å². The van der Waals surface area contributed by atoms with Crippen molar-refractivity contribution >= 4 is 28.7 Å². The monoisotopic (exact) mass is 429 g/mol. The molecular formula is C20H21F2N7O2. The molecule has 0 spiro atoms. The fourth-order valence-corrected chi connectivity index (χ4v) is 3.85. The molecule has 2 saturated heterocycles. The number of hydrogen-bond donors (Lipinski definition) is 0. The predicted molar refractivity (Wildman–Crippen MR) is 109 cm³/mol. The maximum absolute atomic E-state index is 13.9. The second-order valence-corrected chi connectivity index (χ2v) is 7.46. The summed E-state index contributed by atoms with van der Waals surface area (Å²) < 4.78 is 34.5. The molecule has 162 valence electrons. The van der Waals surface area contributed by atoms with E-state index in [4.69, 9.17) is 4.74 Å². The first-order chi connectivity index (χ1) is 15.1. The molecule has 2 aromatic heterocycles. The van der Waals surface area contributed by atoms with Gasteiger partial charge in [-0.15, -0.1) is 0 Å². The number of piperidine rings is 1. The van der Waals surface area contributed by atoms with Gasteiger partial charge in [-0.2, -0.15) is 15.0 Å².